The van der Waals surface area contributed by atoms with E-state index < -0.39 is 0 Å². The van der Waals surface area contributed by atoms with Crippen molar-refractivity contribution in [3.05, 3.63) is 88.7 Å². The molecule has 2 aromatic carbocycles. The van der Waals surface area contributed by atoms with Crippen molar-refractivity contribution in [1.82, 2.24) is 9.97 Å². The Kier molecular flexibility index (Phi) is 5.29. The highest BCUT2D eigenvalue weighted by atomic mass is 32.2. The molecule has 0 radical (unpaired) electrons. The van der Waals surface area contributed by atoms with Crippen molar-refractivity contribution >= 4 is 17.5 Å². The van der Waals surface area contributed by atoms with Crippen LogP contribution in [0.4, 0.5) is 0 Å². The Bertz CT molecular complexity index is 856. The molecule has 1 heterocycles. The predicted octanol–water partition coefficient (Wildman–Crippen LogP) is 5.12. The summed E-state index contributed by atoms with van der Waals surface area (Å²) in [5, 5.41) is 0.267. The van der Waals surface area contributed by atoms with Gasteiger partial charge in [-0.25, -0.2) is 9.97 Å². The first-order chi connectivity index (χ1) is 12.1. The maximum atomic E-state index is 13.1. The van der Waals surface area contributed by atoms with Crippen molar-refractivity contribution in [2.24, 2.45) is 0 Å². The van der Waals surface area contributed by atoms with Gasteiger partial charge in [0.05, 0.1) is 0 Å². The standard InChI is InChI=1S/C21H20N2OS/c1-14-15(2)22-21(23-16(14)3)25-20(18-12-8-5-9-13-18)19(24)17-10-6-4-7-11-17/h4-13,20H,1-3H3/t20-/m0/s1. The summed E-state index contributed by atoms with van der Waals surface area (Å²) in [6, 6.07) is 19.2. The van der Waals surface area contributed by atoms with E-state index in [1.165, 1.54) is 11.8 Å². The molecule has 0 amide bonds. The Hall–Kier alpha value is -2.46. The molecule has 0 aliphatic heterocycles. The van der Waals surface area contributed by atoms with Crippen molar-refractivity contribution in [1.29, 1.82) is 0 Å². The van der Waals surface area contributed by atoms with Crippen LogP contribution in [0.3, 0.4) is 0 Å². The lowest BCUT2D eigenvalue weighted by Gasteiger charge is -2.16. The summed E-state index contributed by atoms with van der Waals surface area (Å²) in [5.41, 5.74) is 4.66. The topological polar surface area (TPSA) is 42.9 Å². The number of ketones is 1. The number of carbonyl (C=O) groups is 1. The molecule has 0 fully saturated rings. The molecule has 3 nitrogen and oxygen atoms in total. The first kappa shape index (κ1) is 17.4. The Morgan fingerprint density at radius 3 is 1.92 bits per heavy atom. The number of thioether (sulfide) groups is 1. The first-order valence-corrected chi connectivity index (χ1v) is 9.07. The van der Waals surface area contributed by atoms with Crippen molar-refractivity contribution in [2.75, 3.05) is 0 Å². The molecule has 0 aliphatic rings. The predicted molar refractivity (Wildman–Crippen MR) is 102 cm³/mol. The molecule has 1 atom stereocenters. The fourth-order valence-corrected chi connectivity index (χ4v) is 3.68. The van der Waals surface area contributed by atoms with Gasteiger partial charge in [0.1, 0.15) is 5.25 Å². The second kappa shape index (κ2) is 7.62. The number of aromatic nitrogens is 2. The maximum Gasteiger partial charge on any atom is 0.189 e. The van der Waals surface area contributed by atoms with Crippen molar-refractivity contribution in [3.63, 3.8) is 0 Å². The fraction of sp³-hybridized carbons (Fsp3) is 0.190. The molecule has 3 rings (SSSR count). The second-order valence-electron chi connectivity index (χ2n) is 5.94. The van der Waals surface area contributed by atoms with E-state index in [4.69, 9.17) is 0 Å². The monoisotopic (exact) mass is 348 g/mol. The summed E-state index contributed by atoms with van der Waals surface area (Å²) in [4.78, 5) is 22.3. The van der Waals surface area contributed by atoms with Crippen LogP contribution in [0, 0.1) is 20.8 Å². The number of carbonyl (C=O) groups excluding carboxylic acids is 1. The highest BCUT2D eigenvalue weighted by Gasteiger charge is 2.24. The van der Waals surface area contributed by atoms with Gasteiger partial charge in [-0.1, -0.05) is 72.4 Å². The quantitative estimate of drug-likeness (QED) is 0.365. The Morgan fingerprint density at radius 1 is 0.840 bits per heavy atom. The smallest absolute Gasteiger partial charge is 0.189 e. The Labute approximate surface area is 152 Å². The molecule has 0 bridgehead atoms. The van der Waals surface area contributed by atoms with E-state index >= 15 is 0 Å². The molecule has 1 aromatic heterocycles. The van der Waals surface area contributed by atoms with Crippen LogP contribution in [-0.2, 0) is 0 Å². The highest BCUT2D eigenvalue weighted by Crippen LogP contribution is 2.36. The van der Waals surface area contributed by atoms with Crippen molar-refractivity contribution in [3.8, 4) is 0 Å². The molecular formula is C21H20N2OS. The largest absolute Gasteiger partial charge is 0.293 e. The number of hydrogen-bond donors (Lipinski definition) is 0. The zero-order valence-corrected chi connectivity index (χ0v) is 15.4. The molecule has 126 valence electrons. The van der Waals surface area contributed by atoms with Gasteiger partial charge in [0.2, 0.25) is 0 Å². The lowest BCUT2D eigenvalue weighted by atomic mass is 10.0. The molecule has 0 spiro atoms. The second-order valence-corrected chi connectivity index (χ2v) is 7.01. The highest BCUT2D eigenvalue weighted by molar-refractivity contribution is 8.00. The van der Waals surface area contributed by atoms with E-state index in [0.717, 1.165) is 22.5 Å². The summed E-state index contributed by atoms with van der Waals surface area (Å²) < 4.78 is 0. The Balaban J connectivity index is 1.99. The third kappa shape index (κ3) is 3.97. The number of benzene rings is 2. The summed E-state index contributed by atoms with van der Waals surface area (Å²) in [6.07, 6.45) is 0. The molecule has 0 saturated heterocycles. The number of aryl methyl sites for hydroxylation is 2. The average Bonchev–Trinajstić information content (AvgIpc) is 2.65. The van der Waals surface area contributed by atoms with E-state index in [0.29, 0.717) is 10.7 Å². The number of nitrogens with zero attached hydrogens (tertiary/aromatic N) is 2. The summed E-state index contributed by atoms with van der Waals surface area (Å²) in [6.45, 7) is 5.97. The van der Waals surface area contributed by atoms with Crippen LogP contribution in [0.15, 0.2) is 65.8 Å². The van der Waals surface area contributed by atoms with Crippen LogP contribution < -0.4 is 0 Å². The van der Waals surface area contributed by atoms with Crippen LogP contribution in [0.5, 0.6) is 0 Å². The summed E-state index contributed by atoms with van der Waals surface area (Å²) >= 11 is 1.41. The fourth-order valence-electron chi connectivity index (χ4n) is 2.55. The van der Waals surface area contributed by atoms with Crippen LogP contribution in [0.25, 0.3) is 0 Å². The molecule has 0 saturated carbocycles. The van der Waals surface area contributed by atoms with Crippen LogP contribution in [0.2, 0.25) is 0 Å². The van der Waals surface area contributed by atoms with Crippen molar-refractivity contribution < 1.29 is 4.79 Å². The maximum absolute atomic E-state index is 13.1. The normalized spacial score (nSPS) is 12.0. The van der Waals surface area contributed by atoms with E-state index in [9.17, 15) is 4.79 Å². The minimum Gasteiger partial charge on any atom is -0.293 e. The summed E-state index contributed by atoms with van der Waals surface area (Å²) in [7, 11) is 0. The SMILES string of the molecule is Cc1nc(S[C@H](C(=O)c2ccccc2)c2ccccc2)nc(C)c1C. The van der Waals surface area contributed by atoms with Crippen LogP contribution in [-0.4, -0.2) is 15.8 Å². The third-order valence-electron chi connectivity index (χ3n) is 4.23. The molecular weight excluding hydrogens is 328 g/mol. The zero-order valence-electron chi connectivity index (χ0n) is 14.6. The molecule has 0 unspecified atom stereocenters. The van der Waals surface area contributed by atoms with Gasteiger partial charge < -0.3 is 0 Å². The van der Waals surface area contributed by atoms with Gasteiger partial charge in [-0.3, -0.25) is 4.79 Å². The van der Waals surface area contributed by atoms with E-state index in [1.54, 1.807) is 0 Å². The van der Waals surface area contributed by atoms with E-state index in [1.807, 2.05) is 81.4 Å². The lowest BCUT2D eigenvalue weighted by molar-refractivity contribution is 0.0989. The van der Waals surface area contributed by atoms with Gasteiger partial charge in [0, 0.05) is 17.0 Å². The number of rotatable bonds is 5. The van der Waals surface area contributed by atoms with Gasteiger partial charge in [0.25, 0.3) is 0 Å². The minimum absolute atomic E-state index is 0.0660. The number of Topliss-reactive ketones (excluding diaryl/α,β-unsaturated/α-hetero) is 1. The van der Waals surface area contributed by atoms with Crippen molar-refractivity contribution in [2.45, 2.75) is 31.2 Å². The summed E-state index contributed by atoms with van der Waals surface area (Å²) in [5.74, 6) is 0.0660. The zero-order chi connectivity index (χ0) is 17.8. The van der Waals surface area contributed by atoms with E-state index in [2.05, 4.69) is 9.97 Å². The van der Waals surface area contributed by atoms with Crippen LogP contribution in [0.1, 0.15) is 38.1 Å². The number of hydrogen-bond acceptors (Lipinski definition) is 4. The van der Waals surface area contributed by atoms with Gasteiger partial charge in [-0.05, 0) is 31.9 Å². The van der Waals surface area contributed by atoms with Crippen LogP contribution >= 0.6 is 11.8 Å². The Morgan fingerprint density at radius 2 is 1.36 bits per heavy atom. The molecule has 25 heavy (non-hydrogen) atoms. The molecule has 0 N–H and O–H groups in total. The van der Waals surface area contributed by atoms with Gasteiger partial charge >= 0.3 is 0 Å². The lowest BCUT2D eigenvalue weighted by Crippen LogP contribution is -2.11. The average molecular weight is 348 g/mol. The van der Waals surface area contributed by atoms with Gasteiger partial charge in [-0.2, -0.15) is 0 Å². The molecule has 4 heteroatoms. The van der Waals surface area contributed by atoms with Gasteiger partial charge in [-0.15, -0.1) is 0 Å². The van der Waals surface area contributed by atoms with Gasteiger partial charge in [0.15, 0.2) is 10.9 Å². The minimum atomic E-state index is -0.370. The first-order valence-electron chi connectivity index (χ1n) is 8.19. The molecule has 0 aliphatic carbocycles. The van der Waals surface area contributed by atoms with E-state index in [-0.39, 0.29) is 11.0 Å². The third-order valence-corrected chi connectivity index (χ3v) is 5.35. The molecule has 3 aromatic rings.